The summed E-state index contributed by atoms with van der Waals surface area (Å²) in [5.41, 5.74) is 8.25. The number of nitrogens with zero attached hydrogens (tertiary/aromatic N) is 2. The number of aromatic nitrogens is 1. The summed E-state index contributed by atoms with van der Waals surface area (Å²) in [6, 6.07) is 17.7. The Morgan fingerprint density at radius 2 is 1.97 bits per heavy atom. The highest BCUT2D eigenvalue weighted by molar-refractivity contribution is 5.93. The van der Waals surface area contributed by atoms with Crippen LogP contribution < -0.4 is 11.1 Å². The highest BCUT2D eigenvalue weighted by atomic mass is 16.2. The van der Waals surface area contributed by atoms with E-state index in [1.807, 2.05) is 41.3 Å². The van der Waals surface area contributed by atoms with Crippen molar-refractivity contribution in [2.75, 3.05) is 18.8 Å². The second-order valence-corrected chi connectivity index (χ2v) is 9.22. The zero-order chi connectivity index (χ0) is 22.8. The number of amides is 1. The number of rotatable bonds is 6. The van der Waals surface area contributed by atoms with Gasteiger partial charge in [0.15, 0.2) is 5.78 Å². The Labute approximate surface area is 194 Å². The lowest BCUT2D eigenvalue weighted by molar-refractivity contribution is -0.139. The number of benzene rings is 2. The van der Waals surface area contributed by atoms with Gasteiger partial charge in [-0.1, -0.05) is 48.5 Å². The lowest BCUT2D eigenvalue weighted by Crippen LogP contribution is -2.48. The third-order valence-corrected chi connectivity index (χ3v) is 7.10. The molecule has 0 radical (unpaired) electrons. The van der Waals surface area contributed by atoms with Crippen LogP contribution in [0.15, 0.2) is 60.8 Å². The summed E-state index contributed by atoms with van der Waals surface area (Å²) >= 11 is 0. The second-order valence-electron chi connectivity index (χ2n) is 9.22. The van der Waals surface area contributed by atoms with Crippen molar-refractivity contribution in [1.29, 1.82) is 0 Å². The van der Waals surface area contributed by atoms with Crippen molar-refractivity contribution < 1.29 is 9.59 Å². The molecule has 2 aliphatic rings. The van der Waals surface area contributed by atoms with Gasteiger partial charge in [-0.3, -0.25) is 9.59 Å². The first-order chi connectivity index (χ1) is 16.1. The molecule has 3 N–H and O–H groups in total. The summed E-state index contributed by atoms with van der Waals surface area (Å²) < 4.78 is 0. The quantitative estimate of drug-likeness (QED) is 0.610. The Hall–Kier alpha value is -3.25. The molecule has 2 saturated heterocycles. The zero-order valence-electron chi connectivity index (χ0n) is 18.7. The Kier molecular flexibility index (Phi) is 6.09. The summed E-state index contributed by atoms with van der Waals surface area (Å²) in [6.07, 6.45) is 5.32. The van der Waals surface area contributed by atoms with E-state index in [0.717, 1.165) is 35.7 Å². The van der Waals surface area contributed by atoms with Gasteiger partial charge in [0, 0.05) is 30.5 Å². The van der Waals surface area contributed by atoms with E-state index in [-0.39, 0.29) is 29.7 Å². The van der Waals surface area contributed by atoms with Gasteiger partial charge in [0.25, 0.3) is 0 Å². The van der Waals surface area contributed by atoms with Crippen LogP contribution in [0.5, 0.6) is 0 Å². The molecule has 1 aromatic heterocycles. The molecule has 2 aromatic carbocycles. The summed E-state index contributed by atoms with van der Waals surface area (Å²) in [7, 11) is 0. The molecule has 0 aliphatic carbocycles. The molecule has 0 unspecified atom stereocenters. The van der Waals surface area contributed by atoms with Gasteiger partial charge in [0.05, 0.1) is 12.1 Å². The van der Waals surface area contributed by atoms with E-state index in [1.165, 1.54) is 5.56 Å². The van der Waals surface area contributed by atoms with Crippen LogP contribution in [0.1, 0.15) is 42.7 Å². The highest BCUT2D eigenvalue weighted by Gasteiger charge is 2.42. The minimum absolute atomic E-state index is 0.0814. The molecule has 0 spiro atoms. The molecule has 170 valence electrons. The van der Waals surface area contributed by atoms with Gasteiger partial charge in [-0.05, 0) is 54.8 Å². The normalized spacial score (nSPS) is 22.7. The van der Waals surface area contributed by atoms with E-state index in [4.69, 9.17) is 5.73 Å². The van der Waals surface area contributed by atoms with Crippen LogP contribution in [0.25, 0.3) is 10.8 Å². The molecule has 0 bridgehead atoms. The molecule has 2 aliphatic heterocycles. The van der Waals surface area contributed by atoms with Crippen LogP contribution in [0, 0.1) is 0 Å². The van der Waals surface area contributed by atoms with Crippen LogP contribution in [-0.2, 0) is 16.0 Å². The number of nitrogens with one attached hydrogen (secondary N) is 1. The van der Waals surface area contributed by atoms with Gasteiger partial charge in [-0.2, -0.15) is 0 Å². The molecule has 6 nitrogen and oxygen atoms in total. The van der Waals surface area contributed by atoms with Crippen molar-refractivity contribution in [3.8, 4) is 0 Å². The number of aryl methyl sites for hydroxylation is 1. The maximum atomic E-state index is 13.4. The number of nitrogens with two attached hydrogens (primary N) is 1. The topological polar surface area (TPSA) is 88.3 Å². The molecule has 3 heterocycles. The molecule has 3 atom stereocenters. The molecular weight excluding hydrogens is 412 g/mol. The average molecular weight is 443 g/mol. The third-order valence-electron chi connectivity index (χ3n) is 7.10. The van der Waals surface area contributed by atoms with Crippen molar-refractivity contribution >= 4 is 28.3 Å². The van der Waals surface area contributed by atoms with E-state index in [9.17, 15) is 9.59 Å². The lowest BCUT2D eigenvalue weighted by Gasteiger charge is -2.26. The summed E-state index contributed by atoms with van der Waals surface area (Å²) in [5.74, 6) is 0.941. The van der Waals surface area contributed by atoms with Crippen molar-refractivity contribution in [1.82, 2.24) is 15.2 Å². The van der Waals surface area contributed by atoms with Crippen LogP contribution in [0.4, 0.5) is 5.82 Å². The van der Waals surface area contributed by atoms with Crippen LogP contribution in [-0.4, -0.2) is 46.7 Å². The number of carbonyl (C=O) groups is 2. The van der Waals surface area contributed by atoms with Crippen molar-refractivity contribution in [3.63, 3.8) is 0 Å². The van der Waals surface area contributed by atoms with E-state index >= 15 is 0 Å². The average Bonchev–Trinajstić information content (AvgIpc) is 3.54. The third kappa shape index (κ3) is 4.48. The van der Waals surface area contributed by atoms with E-state index < -0.39 is 0 Å². The number of hydrogen-bond acceptors (Lipinski definition) is 5. The minimum atomic E-state index is -0.356. The SMILES string of the molecule is Nc1nccc2cc(CCC(=O)[C@@H]3C[C@@H](c4ccccc4)CN3C(=O)[C@@H]3CCCN3)ccc12. The first-order valence-electron chi connectivity index (χ1n) is 11.8. The van der Waals surface area contributed by atoms with Crippen LogP contribution in [0.3, 0.4) is 0 Å². The fraction of sp³-hybridized carbons (Fsp3) is 0.370. The zero-order valence-corrected chi connectivity index (χ0v) is 18.7. The molecular formula is C27H30N4O2. The first-order valence-corrected chi connectivity index (χ1v) is 11.8. The van der Waals surface area contributed by atoms with E-state index in [0.29, 0.717) is 31.6 Å². The lowest BCUT2D eigenvalue weighted by atomic mass is 9.93. The smallest absolute Gasteiger partial charge is 0.240 e. The summed E-state index contributed by atoms with van der Waals surface area (Å²) in [5, 5.41) is 5.26. The van der Waals surface area contributed by atoms with Gasteiger partial charge in [-0.25, -0.2) is 4.98 Å². The monoisotopic (exact) mass is 442 g/mol. The Morgan fingerprint density at radius 1 is 1.12 bits per heavy atom. The maximum Gasteiger partial charge on any atom is 0.240 e. The van der Waals surface area contributed by atoms with Gasteiger partial charge in [0.2, 0.25) is 5.91 Å². The second kappa shape index (κ2) is 9.32. The van der Waals surface area contributed by atoms with Crippen molar-refractivity contribution in [2.24, 2.45) is 0 Å². The predicted molar refractivity (Wildman–Crippen MR) is 130 cm³/mol. The number of pyridine rings is 1. The largest absolute Gasteiger partial charge is 0.383 e. The number of ketones is 1. The number of Topliss-reactive ketones (excluding diaryl/α,β-unsaturated/α-hetero) is 1. The van der Waals surface area contributed by atoms with Gasteiger partial charge < -0.3 is 16.0 Å². The van der Waals surface area contributed by atoms with E-state index in [1.54, 1.807) is 6.20 Å². The standard InChI is InChI=1S/C27H30N4O2/c28-26-22-10-8-18(15-20(22)12-14-30-26)9-11-25(32)24-16-21(19-5-2-1-3-6-19)17-31(24)27(33)23-7-4-13-29-23/h1-3,5-6,8,10,12,14-15,21,23-24,29H,4,7,9,11,13,16-17H2,(H2,28,30)/t21-,23+,24+/m1/s1. The summed E-state index contributed by atoms with van der Waals surface area (Å²) in [4.78, 5) is 32.7. The minimum Gasteiger partial charge on any atom is -0.383 e. The molecule has 2 fully saturated rings. The molecule has 6 heteroatoms. The molecule has 5 rings (SSSR count). The number of hydrogen-bond donors (Lipinski definition) is 2. The molecule has 1 amide bonds. The summed E-state index contributed by atoms with van der Waals surface area (Å²) in [6.45, 7) is 1.48. The molecule has 33 heavy (non-hydrogen) atoms. The van der Waals surface area contributed by atoms with Gasteiger partial charge in [-0.15, -0.1) is 0 Å². The maximum absolute atomic E-state index is 13.4. The molecule has 0 saturated carbocycles. The number of anilines is 1. The first kappa shape index (κ1) is 21.6. The number of carbonyl (C=O) groups excluding carboxylic acids is 2. The van der Waals surface area contributed by atoms with Crippen LogP contribution in [0.2, 0.25) is 0 Å². The van der Waals surface area contributed by atoms with Crippen molar-refractivity contribution in [3.05, 3.63) is 71.9 Å². The fourth-order valence-corrected chi connectivity index (χ4v) is 5.29. The Balaban J connectivity index is 1.32. The Morgan fingerprint density at radius 3 is 2.76 bits per heavy atom. The number of fused-ring (bicyclic) bond motifs is 1. The van der Waals surface area contributed by atoms with Crippen LogP contribution >= 0.6 is 0 Å². The number of likely N-dealkylation sites (tertiary alicyclic amines) is 1. The highest BCUT2D eigenvalue weighted by Crippen LogP contribution is 2.34. The molecule has 3 aromatic rings. The van der Waals surface area contributed by atoms with Gasteiger partial charge in [0.1, 0.15) is 5.82 Å². The number of nitrogen functional groups attached to an aromatic ring is 1. The fourth-order valence-electron chi connectivity index (χ4n) is 5.29. The van der Waals surface area contributed by atoms with E-state index in [2.05, 4.69) is 28.5 Å². The van der Waals surface area contributed by atoms with Gasteiger partial charge >= 0.3 is 0 Å². The Bertz CT molecular complexity index is 1160. The predicted octanol–water partition coefficient (Wildman–Crippen LogP) is 3.46. The van der Waals surface area contributed by atoms with Crippen molar-refractivity contribution in [2.45, 2.75) is 50.1 Å².